The summed E-state index contributed by atoms with van der Waals surface area (Å²) in [4.78, 5) is 24.3. The van der Waals surface area contributed by atoms with Crippen molar-refractivity contribution < 1.29 is 9.59 Å². The molecule has 0 saturated carbocycles. The fourth-order valence-corrected chi connectivity index (χ4v) is 3.02. The fourth-order valence-electron chi connectivity index (χ4n) is 2.08. The van der Waals surface area contributed by atoms with E-state index in [1.165, 1.54) is 11.3 Å². The summed E-state index contributed by atoms with van der Waals surface area (Å²) in [6, 6.07) is 6.93. The smallest absolute Gasteiger partial charge is 0.286 e. The Balaban J connectivity index is 1.97. The molecule has 0 bridgehead atoms. The molecule has 0 aliphatic heterocycles. The molecule has 7 heteroatoms. The number of amides is 2. The standard InChI is InChI=1S/C18H24N4O2S/c1-5-12(4)19-16(23)13-6-8-14(9-7-13)20-17(24)18-22-21-15(25-18)10-11(2)3/h6-9,11-12H,5,10H2,1-4H3,(H,19,23)(H,20,24)/t12-/m0/s1. The summed E-state index contributed by atoms with van der Waals surface area (Å²) >= 11 is 1.31. The van der Waals surface area contributed by atoms with Crippen molar-refractivity contribution in [1.29, 1.82) is 0 Å². The number of aromatic nitrogens is 2. The van der Waals surface area contributed by atoms with E-state index in [0.29, 0.717) is 22.2 Å². The van der Waals surface area contributed by atoms with Gasteiger partial charge in [-0.25, -0.2) is 0 Å². The van der Waals surface area contributed by atoms with E-state index < -0.39 is 0 Å². The zero-order chi connectivity index (χ0) is 18.4. The molecule has 0 saturated heterocycles. The van der Waals surface area contributed by atoms with Crippen molar-refractivity contribution in [3.63, 3.8) is 0 Å². The van der Waals surface area contributed by atoms with E-state index in [1.54, 1.807) is 24.3 Å². The van der Waals surface area contributed by atoms with Crippen LogP contribution >= 0.6 is 11.3 Å². The molecule has 1 aromatic carbocycles. The van der Waals surface area contributed by atoms with Crippen LogP contribution in [-0.2, 0) is 6.42 Å². The average Bonchev–Trinajstić information content (AvgIpc) is 3.03. The molecule has 25 heavy (non-hydrogen) atoms. The van der Waals surface area contributed by atoms with Gasteiger partial charge in [-0.05, 0) is 43.5 Å². The second-order valence-corrected chi connectivity index (χ2v) is 7.48. The quantitative estimate of drug-likeness (QED) is 0.791. The van der Waals surface area contributed by atoms with Crippen molar-refractivity contribution in [3.8, 4) is 0 Å². The minimum absolute atomic E-state index is 0.116. The fraction of sp³-hybridized carbons (Fsp3) is 0.444. The van der Waals surface area contributed by atoms with Gasteiger partial charge in [0, 0.05) is 23.7 Å². The van der Waals surface area contributed by atoms with E-state index in [0.717, 1.165) is 17.8 Å². The summed E-state index contributed by atoms with van der Waals surface area (Å²) in [5.74, 6) is 0.0666. The SMILES string of the molecule is CC[C@H](C)NC(=O)c1ccc(NC(=O)c2nnc(CC(C)C)s2)cc1. The zero-order valence-corrected chi connectivity index (χ0v) is 15.8. The largest absolute Gasteiger partial charge is 0.350 e. The lowest BCUT2D eigenvalue weighted by Gasteiger charge is -2.11. The van der Waals surface area contributed by atoms with Gasteiger partial charge >= 0.3 is 0 Å². The van der Waals surface area contributed by atoms with Crippen LogP contribution in [0, 0.1) is 5.92 Å². The predicted molar refractivity (Wildman–Crippen MR) is 100 cm³/mol. The first-order valence-corrected chi connectivity index (χ1v) is 9.25. The van der Waals surface area contributed by atoms with Crippen LogP contribution in [0.25, 0.3) is 0 Å². The Hall–Kier alpha value is -2.28. The Kier molecular flexibility index (Phi) is 6.64. The lowest BCUT2D eigenvalue weighted by Crippen LogP contribution is -2.31. The van der Waals surface area contributed by atoms with Crippen molar-refractivity contribution in [2.75, 3.05) is 5.32 Å². The van der Waals surface area contributed by atoms with Gasteiger partial charge in [0.15, 0.2) is 0 Å². The maximum Gasteiger partial charge on any atom is 0.286 e. The summed E-state index contributed by atoms with van der Waals surface area (Å²) in [6.07, 6.45) is 1.69. The van der Waals surface area contributed by atoms with Gasteiger partial charge in [0.25, 0.3) is 11.8 Å². The van der Waals surface area contributed by atoms with E-state index in [1.807, 2.05) is 13.8 Å². The summed E-state index contributed by atoms with van der Waals surface area (Å²) in [5, 5.41) is 14.9. The van der Waals surface area contributed by atoms with Crippen molar-refractivity contribution in [2.24, 2.45) is 5.92 Å². The van der Waals surface area contributed by atoms with E-state index in [9.17, 15) is 9.59 Å². The second kappa shape index (κ2) is 8.71. The van der Waals surface area contributed by atoms with Gasteiger partial charge in [0.1, 0.15) is 5.01 Å². The molecule has 0 aliphatic rings. The van der Waals surface area contributed by atoms with Gasteiger partial charge in [-0.15, -0.1) is 10.2 Å². The molecule has 2 amide bonds. The maximum absolute atomic E-state index is 12.2. The molecular weight excluding hydrogens is 336 g/mol. The third kappa shape index (κ3) is 5.63. The van der Waals surface area contributed by atoms with Crippen LogP contribution in [0.5, 0.6) is 0 Å². The first-order chi connectivity index (χ1) is 11.9. The van der Waals surface area contributed by atoms with Crippen molar-refractivity contribution in [3.05, 3.63) is 39.8 Å². The summed E-state index contributed by atoms with van der Waals surface area (Å²) < 4.78 is 0. The zero-order valence-electron chi connectivity index (χ0n) is 15.0. The number of nitrogens with zero attached hydrogens (tertiary/aromatic N) is 2. The van der Waals surface area contributed by atoms with E-state index >= 15 is 0 Å². The van der Waals surface area contributed by atoms with Crippen LogP contribution < -0.4 is 10.6 Å². The lowest BCUT2D eigenvalue weighted by molar-refractivity contribution is 0.0938. The van der Waals surface area contributed by atoms with Gasteiger partial charge in [-0.3, -0.25) is 9.59 Å². The second-order valence-electron chi connectivity index (χ2n) is 6.41. The number of carbonyl (C=O) groups is 2. The molecular formula is C18H24N4O2S. The monoisotopic (exact) mass is 360 g/mol. The Morgan fingerprint density at radius 3 is 2.36 bits per heavy atom. The number of carbonyl (C=O) groups excluding carboxylic acids is 2. The van der Waals surface area contributed by atoms with E-state index in [-0.39, 0.29) is 17.9 Å². The van der Waals surface area contributed by atoms with Crippen LogP contribution in [0.2, 0.25) is 0 Å². The summed E-state index contributed by atoms with van der Waals surface area (Å²) in [6.45, 7) is 8.17. The topological polar surface area (TPSA) is 84.0 Å². The van der Waals surface area contributed by atoms with Crippen LogP contribution in [0.15, 0.2) is 24.3 Å². The molecule has 0 unspecified atom stereocenters. The highest BCUT2D eigenvalue weighted by Gasteiger charge is 2.14. The normalized spacial score (nSPS) is 12.0. The Labute approximate surface area is 152 Å². The van der Waals surface area contributed by atoms with Crippen LogP contribution in [0.4, 0.5) is 5.69 Å². The summed E-state index contributed by atoms with van der Waals surface area (Å²) in [7, 11) is 0. The van der Waals surface area contributed by atoms with Crippen LogP contribution in [-0.4, -0.2) is 28.1 Å². The number of nitrogens with one attached hydrogen (secondary N) is 2. The number of rotatable bonds is 7. The highest BCUT2D eigenvalue weighted by Crippen LogP contribution is 2.16. The Bertz CT molecular complexity index is 725. The molecule has 2 N–H and O–H groups in total. The van der Waals surface area contributed by atoms with Gasteiger partial charge in [0.2, 0.25) is 5.01 Å². The molecule has 1 heterocycles. The van der Waals surface area contributed by atoms with E-state index in [2.05, 4.69) is 34.7 Å². The van der Waals surface area contributed by atoms with Gasteiger partial charge in [-0.2, -0.15) is 0 Å². The summed E-state index contributed by atoms with van der Waals surface area (Å²) in [5.41, 5.74) is 1.18. The number of benzene rings is 1. The van der Waals surface area contributed by atoms with Crippen LogP contribution in [0.1, 0.15) is 59.3 Å². The average molecular weight is 360 g/mol. The Morgan fingerprint density at radius 1 is 1.08 bits per heavy atom. The molecule has 0 spiro atoms. The van der Waals surface area contributed by atoms with Gasteiger partial charge in [-0.1, -0.05) is 32.1 Å². The molecule has 0 radical (unpaired) electrons. The van der Waals surface area contributed by atoms with Crippen molar-refractivity contribution in [1.82, 2.24) is 15.5 Å². The van der Waals surface area contributed by atoms with Gasteiger partial charge in [0.05, 0.1) is 0 Å². The highest BCUT2D eigenvalue weighted by molar-refractivity contribution is 7.13. The molecule has 2 aromatic rings. The molecule has 134 valence electrons. The number of anilines is 1. The minimum atomic E-state index is -0.288. The molecule has 0 aliphatic carbocycles. The highest BCUT2D eigenvalue weighted by atomic mass is 32.1. The predicted octanol–water partition coefficient (Wildman–Crippen LogP) is 3.52. The molecule has 0 fully saturated rings. The Morgan fingerprint density at radius 2 is 1.76 bits per heavy atom. The van der Waals surface area contributed by atoms with Crippen molar-refractivity contribution in [2.45, 2.75) is 46.6 Å². The molecule has 1 atom stereocenters. The first-order valence-electron chi connectivity index (χ1n) is 8.43. The molecule has 2 rings (SSSR count). The molecule has 1 aromatic heterocycles. The molecule has 6 nitrogen and oxygen atoms in total. The van der Waals surface area contributed by atoms with Crippen LogP contribution in [0.3, 0.4) is 0 Å². The van der Waals surface area contributed by atoms with Gasteiger partial charge < -0.3 is 10.6 Å². The third-order valence-electron chi connectivity index (χ3n) is 3.64. The third-order valence-corrected chi connectivity index (χ3v) is 4.58. The maximum atomic E-state index is 12.2. The minimum Gasteiger partial charge on any atom is -0.350 e. The van der Waals surface area contributed by atoms with Crippen molar-refractivity contribution >= 4 is 28.8 Å². The first kappa shape index (κ1) is 19.1. The van der Waals surface area contributed by atoms with E-state index in [4.69, 9.17) is 0 Å². The number of hydrogen-bond acceptors (Lipinski definition) is 5. The lowest BCUT2D eigenvalue weighted by atomic mass is 10.1. The number of hydrogen-bond donors (Lipinski definition) is 2.